The van der Waals surface area contributed by atoms with Crippen LogP contribution in [0.25, 0.3) is 0 Å². The van der Waals surface area contributed by atoms with Gasteiger partial charge in [0, 0.05) is 32.1 Å². The first-order valence-electron chi connectivity index (χ1n) is 8.59. The summed E-state index contributed by atoms with van der Waals surface area (Å²) in [7, 11) is 1.63. The number of hydrogen-bond donors (Lipinski definition) is 2. The summed E-state index contributed by atoms with van der Waals surface area (Å²) in [5.74, 6) is 1.20. The highest BCUT2D eigenvalue weighted by Gasteiger charge is 2.29. The number of nitrogens with zero attached hydrogens (tertiary/aromatic N) is 1. The molecule has 1 aliphatic heterocycles. The Kier molecular flexibility index (Phi) is 5.23. The van der Waals surface area contributed by atoms with Crippen molar-refractivity contribution >= 4 is 11.9 Å². The minimum Gasteiger partial charge on any atom is -0.497 e. The minimum absolute atomic E-state index is 0.0593. The van der Waals surface area contributed by atoms with E-state index in [4.69, 9.17) is 4.74 Å². The van der Waals surface area contributed by atoms with Crippen molar-refractivity contribution in [1.29, 1.82) is 0 Å². The zero-order chi connectivity index (χ0) is 16.9. The summed E-state index contributed by atoms with van der Waals surface area (Å²) in [4.78, 5) is 25.9. The molecule has 1 aromatic rings. The molecule has 2 N–H and O–H groups in total. The van der Waals surface area contributed by atoms with Crippen LogP contribution >= 0.6 is 0 Å². The quantitative estimate of drug-likeness (QED) is 0.836. The molecule has 1 aromatic carbocycles. The third kappa shape index (κ3) is 4.63. The summed E-state index contributed by atoms with van der Waals surface area (Å²) in [5, 5.41) is 5.95. The lowest BCUT2D eigenvalue weighted by Gasteiger charge is -2.17. The van der Waals surface area contributed by atoms with Crippen LogP contribution in [0.3, 0.4) is 0 Å². The van der Waals surface area contributed by atoms with Crippen molar-refractivity contribution in [1.82, 2.24) is 15.5 Å². The van der Waals surface area contributed by atoms with Crippen molar-refractivity contribution in [3.63, 3.8) is 0 Å². The van der Waals surface area contributed by atoms with E-state index in [1.807, 2.05) is 24.3 Å². The van der Waals surface area contributed by atoms with Crippen LogP contribution in [0, 0.1) is 5.92 Å². The highest BCUT2D eigenvalue weighted by molar-refractivity contribution is 5.77. The molecule has 1 saturated carbocycles. The number of benzene rings is 1. The molecule has 1 heterocycles. The monoisotopic (exact) mass is 331 g/mol. The number of carbonyl (C=O) groups is 2. The zero-order valence-electron chi connectivity index (χ0n) is 14.1. The van der Waals surface area contributed by atoms with Crippen LogP contribution in [-0.4, -0.2) is 43.1 Å². The number of amides is 3. The molecule has 3 amide bonds. The third-order valence-corrected chi connectivity index (χ3v) is 4.59. The Morgan fingerprint density at radius 3 is 2.62 bits per heavy atom. The maximum absolute atomic E-state index is 12.3. The molecule has 1 atom stereocenters. The largest absolute Gasteiger partial charge is 0.497 e. The molecule has 1 saturated heterocycles. The zero-order valence-corrected chi connectivity index (χ0v) is 14.1. The number of methoxy groups -OCH3 is 1. The van der Waals surface area contributed by atoms with Gasteiger partial charge >= 0.3 is 6.03 Å². The van der Waals surface area contributed by atoms with Gasteiger partial charge in [-0.1, -0.05) is 12.1 Å². The highest BCUT2D eigenvalue weighted by atomic mass is 16.5. The predicted molar refractivity (Wildman–Crippen MR) is 90.7 cm³/mol. The number of rotatable bonds is 6. The van der Waals surface area contributed by atoms with E-state index in [0.717, 1.165) is 37.1 Å². The van der Waals surface area contributed by atoms with Gasteiger partial charge in [0.25, 0.3) is 0 Å². The smallest absolute Gasteiger partial charge is 0.317 e. The predicted octanol–water partition coefficient (Wildman–Crippen LogP) is 1.90. The molecule has 3 rings (SSSR count). The average Bonchev–Trinajstić information content (AvgIpc) is 3.28. The topological polar surface area (TPSA) is 70.7 Å². The van der Waals surface area contributed by atoms with Gasteiger partial charge in [0.15, 0.2) is 0 Å². The molecule has 0 bridgehead atoms. The Bertz CT molecular complexity index is 584. The number of hydrogen-bond acceptors (Lipinski definition) is 3. The molecule has 24 heavy (non-hydrogen) atoms. The minimum atomic E-state index is -0.0593. The van der Waals surface area contributed by atoms with E-state index in [9.17, 15) is 9.59 Å². The van der Waals surface area contributed by atoms with Crippen LogP contribution in [-0.2, 0) is 11.3 Å². The van der Waals surface area contributed by atoms with Gasteiger partial charge in [-0.15, -0.1) is 0 Å². The Morgan fingerprint density at radius 2 is 1.96 bits per heavy atom. The van der Waals surface area contributed by atoms with Crippen molar-refractivity contribution in [3.8, 4) is 5.75 Å². The molecule has 2 aliphatic rings. The first-order chi connectivity index (χ1) is 11.6. The van der Waals surface area contributed by atoms with Gasteiger partial charge in [0.05, 0.1) is 7.11 Å². The van der Waals surface area contributed by atoms with Gasteiger partial charge in [-0.05, 0) is 42.9 Å². The SMILES string of the molecule is COc1ccc(CNC(=O)N2CCC(CC(=O)NC3CC3)C2)cc1. The molecule has 6 nitrogen and oxygen atoms in total. The highest BCUT2D eigenvalue weighted by Crippen LogP contribution is 2.22. The van der Waals surface area contributed by atoms with E-state index < -0.39 is 0 Å². The van der Waals surface area contributed by atoms with Gasteiger partial charge in [0.2, 0.25) is 5.91 Å². The first-order valence-corrected chi connectivity index (χ1v) is 8.59. The van der Waals surface area contributed by atoms with Crippen molar-refractivity contribution in [2.75, 3.05) is 20.2 Å². The van der Waals surface area contributed by atoms with Crippen molar-refractivity contribution < 1.29 is 14.3 Å². The number of ether oxygens (including phenoxy) is 1. The molecular weight excluding hydrogens is 306 g/mol. The van der Waals surface area contributed by atoms with Crippen LogP contribution in [0.1, 0.15) is 31.2 Å². The van der Waals surface area contributed by atoms with E-state index in [-0.39, 0.29) is 17.9 Å². The number of likely N-dealkylation sites (tertiary alicyclic amines) is 1. The van der Waals surface area contributed by atoms with Gasteiger partial charge in [-0.2, -0.15) is 0 Å². The maximum Gasteiger partial charge on any atom is 0.317 e. The van der Waals surface area contributed by atoms with Crippen LogP contribution < -0.4 is 15.4 Å². The summed E-state index contributed by atoms with van der Waals surface area (Å²) >= 11 is 0. The van der Waals surface area contributed by atoms with Crippen LogP contribution in [0.2, 0.25) is 0 Å². The van der Waals surface area contributed by atoms with Crippen molar-refractivity contribution in [2.45, 2.75) is 38.3 Å². The molecule has 6 heteroatoms. The second-order valence-electron chi connectivity index (χ2n) is 6.65. The molecule has 1 unspecified atom stereocenters. The first kappa shape index (κ1) is 16.6. The molecule has 2 fully saturated rings. The summed E-state index contributed by atoms with van der Waals surface area (Å²) in [6.07, 6.45) is 3.64. The molecule has 130 valence electrons. The molecule has 0 radical (unpaired) electrons. The molecular formula is C18H25N3O3. The Morgan fingerprint density at radius 1 is 1.21 bits per heavy atom. The fourth-order valence-corrected chi connectivity index (χ4v) is 2.99. The Labute approximate surface area is 142 Å². The fourth-order valence-electron chi connectivity index (χ4n) is 2.99. The van der Waals surface area contributed by atoms with Crippen molar-refractivity contribution in [2.24, 2.45) is 5.92 Å². The summed E-state index contributed by atoms with van der Waals surface area (Å²) in [6, 6.07) is 7.98. The summed E-state index contributed by atoms with van der Waals surface area (Å²) in [5.41, 5.74) is 1.03. The number of nitrogens with one attached hydrogen (secondary N) is 2. The lowest BCUT2D eigenvalue weighted by Crippen LogP contribution is -2.38. The van der Waals surface area contributed by atoms with Gasteiger partial charge in [-0.3, -0.25) is 4.79 Å². The van der Waals surface area contributed by atoms with E-state index >= 15 is 0 Å². The van der Waals surface area contributed by atoms with E-state index in [0.29, 0.717) is 25.6 Å². The Balaban J connectivity index is 1.39. The van der Waals surface area contributed by atoms with Gasteiger partial charge < -0.3 is 20.3 Å². The number of carbonyl (C=O) groups excluding carboxylic acids is 2. The van der Waals surface area contributed by atoms with Crippen molar-refractivity contribution in [3.05, 3.63) is 29.8 Å². The molecule has 0 aromatic heterocycles. The second kappa shape index (κ2) is 7.55. The maximum atomic E-state index is 12.3. The lowest BCUT2D eigenvalue weighted by atomic mass is 10.0. The summed E-state index contributed by atoms with van der Waals surface area (Å²) in [6.45, 7) is 1.87. The van der Waals surface area contributed by atoms with E-state index in [1.54, 1.807) is 12.0 Å². The van der Waals surface area contributed by atoms with Crippen LogP contribution in [0.15, 0.2) is 24.3 Å². The second-order valence-corrected chi connectivity index (χ2v) is 6.65. The Hall–Kier alpha value is -2.24. The van der Waals surface area contributed by atoms with Crippen LogP contribution in [0.5, 0.6) is 5.75 Å². The molecule has 1 aliphatic carbocycles. The van der Waals surface area contributed by atoms with E-state index in [2.05, 4.69) is 10.6 Å². The third-order valence-electron chi connectivity index (χ3n) is 4.59. The average molecular weight is 331 g/mol. The molecule has 0 spiro atoms. The lowest BCUT2D eigenvalue weighted by molar-refractivity contribution is -0.122. The normalized spacial score (nSPS) is 19.9. The van der Waals surface area contributed by atoms with Gasteiger partial charge in [-0.25, -0.2) is 4.79 Å². The van der Waals surface area contributed by atoms with E-state index in [1.165, 1.54) is 0 Å². The fraction of sp³-hybridized carbons (Fsp3) is 0.556. The van der Waals surface area contributed by atoms with Gasteiger partial charge in [0.1, 0.15) is 5.75 Å². The summed E-state index contributed by atoms with van der Waals surface area (Å²) < 4.78 is 5.12. The number of urea groups is 1. The van der Waals surface area contributed by atoms with Crippen LogP contribution in [0.4, 0.5) is 4.79 Å². The standard InChI is InChI=1S/C18H25N3O3/c1-24-16-6-2-13(3-7-16)11-19-18(23)21-9-8-14(12-21)10-17(22)20-15-4-5-15/h2-3,6-7,14-15H,4-5,8-12H2,1H3,(H,19,23)(H,20,22).